The minimum atomic E-state index is -0.251. The number of nitrogens with zero attached hydrogens (tertiary/aromatic N) is 2. The van der Waals surface area contributed by atoms with Crippen LogP contribution in [0.25, 0.3) is 0 Å². The standard InChI is InChI=1S/C17H22N2O2/c1-12-6-7-14(13(2)10-12)19-16(20)11-15(17(19)21)18-8-4-3-5-9-18/h6-7,10,15H,3-5,8-9,11H2,1-2H3/t15-/m1/s1. The van der Waals surface area contributed by atoms with Crippen molar-refractivity contribution < 1.29 is 9.59 Å². The minimum absolute atomic E-state index is 0.0474. The largest absolute Gasteiger partial charge is 0.292 e. The van der Waals surface area contributed by atoms with Crippen LogP contribution >= 0.6 is 0 Å². The fourth-order valence-corrected chi connectivity index (χ4v) is 3.44. The second kappa shape index (κ2) is 5.60. The summed E-state index contributed by atoms with van der Waals surface area (Å²) in [5, 5.41) is 0. The van der Waals surface area contributed by atoms with Crippen molar-refractivity contribution in [2.45, 2.75) is 45.6 Å². The molecule has 2 aliphatic rings. The molecule has 1 aromatic carbocycles. The molecule has 0 bridgehead atoms. The van der Waals surface area contributed by atoms with Crippen LogP contribution in [0.5, 0.6) is 0 Å². The van der Waals surface area contributed by atoms with Gasteiger partial charge in [0.15, 0.2) is 0 Å². The molecule has 4 heteroatoms. The van der Waals surface area contributed by atoms with Crippen LogP contribution in [-0.4, -0.2) is 35.8 Å². The molecule has 2 fully saturated rings. The molecule has 2 amide bonds. The maximum absolute atomic E-state index is 12.7. The molecule has 3 rings (SSSR count). The summed E-state index contributed by atoms with van der Waals surface area (Å²) >= 11 is 0. The van der Waals surface area contributed by atoms with E-state index in [1.807, 2.05) is 32.0 Å². The number of hydrogen-bond acceptors (Lipinski definition) is 3. The van der Waals surface area contributed by atoms with E-state index in [9.17, 15) is 9.59 Å². The van der Waals surface area contributed by atoms with Gasteiger partial charge in [-0.25, -0.2) is 4.90 Å². The van der Waals surface area contributed by atoms with Gasteiger partial charge >= 0.3 is 0 Å². The Bertz CT molecular complexity index is 576. The highest BCUT2D eigenvalue weighted by Gasteiger charge is 2.43. The summed E-state index contributed by atoms with van der Waals surface area (Å²) in [6, 6.07) is 5.61. The van der Waals surface area contributed by atoms with Gasteiger partial charge in [0.25, 0.3) is 5.91 Å². The number of carbonyl (C=O) groups excluding carboxylic acids is 2. The lowest BCUT2D eigenvalue weighted by molar-refractivity contribution is -0.123. The van der Waals surface area contributed by atoms with Gasteiger partial charge in [-0.15, -0.1) is 0 Å². The van der Waals surface area contributed by atoms with Crippen molar-refractivity contribution in [3.05, 3.63) is 29.3 Å². The summed E-state index contributed by atoms with van der Waals surface area (Å²) in [5.41, 5.74) is 2.87. The van der Waals surface area contributed by atoms with Crippen LogP contribution in [0.15, 0.2) is 18.2 Å². The van der Waals surface area contributed by atoms with Crippen molar-refractivity contribution >= 4 is 17.5 Å². The molecule has 0 spiro atoms. The van der Waals surface area contributed by atoms with Gasteiger partial charge in [-0.2, -0.15) is 0 Å². The van der Waals surface area contributed by atoms with Gasteiger partial charge in [0.05, 0.1) is 18.2 Å². The van der Waals surface area contributed by atoms with Crippen molar-refractivity contribution in [3.8, 4) is 0 Å². The Labute approximate surface area is 125 Å². The van der Waals surface area contributed by atoms with E-state index in [1.165, 1.54) is 11.3 Å². The number of carbonyl (C=O) groups is 2. The lowest BCUT2D eigenvalue weighted by Gasteiger charge is -2.30. The van der Waals surface area contributed by atoms with Gasteiger partial charge in [-0.1, -0.05) is 24.1 Å². The number of rotatable bonds is 2. The first-order valence-electron chi connectivity index (χ1n) is 7.76. The molecule has 2 aliphatic heterocycles. The van der Waals surface area contributed by atoms with Gasteiger partial charge in [0.2, 0.25) is 5.91 Å². The number of aryl methyl sites for hydroxylation is 2. The van der Waals surface area contributed by atoms with E-state index in [0.29, 0.717) is 6.42 Å². The average molecular weight is 286 g/mol. The van der Waals surface area contributed by atoms with Gasteiger partial charge in [0, 0.05) is 0 Å². The van der Waals surface area contributed by atoms with E-state index in [4.69, 9.17) is 0 Å². The second-order valence-corrected chi connectivity index (χ2v) is 6.17. The molecule has 0 unspecified atom stereocenters. The van der Waals surface area contributed by atoms with Crippen LogP contribution in [0.1, 0.15) is 36.8 Å². The molecule has 4 nitrogen and oxygen atoms in total. The number of imide groups is 1. The van der Waals surface area contributed by atoms with Crippen LogP contribution < -0.4 is 4.90 Å². The monoisotopic (exact) mass is 286 g/mol. The van der Waals surface area contributed by atoms with Gasteiger partial charge in [0.1, 0.15) is 0 Å². The molecule has 1 atom stereocenters. The first kappa shape index (κ1) is 14.3. The summed E-state index contributed by atoms with van der Waals surface area (Å²) in [6.07, 6.45) is 3.81. The van der Waals surface area contributed by atoms with Crippen LogP contribution in [-0.2, 0) is 9.59 Å². The van der Waals surface area contributed by atoms with Crippen molar-refractivity contribution in [2.75, 3.05) is 18.0 Å². The zero-order valence-corrected chi connectivity index (χ0v) is 12.8. The Hall–Kier alpha value is -1.68. The third-order valence-corrected chi connectivity index (χ3v) is 4.55. The summed E-state index contributed by atoms with van der Waals surface area (Å²) in [5.74, 6) is -0.114. The number of likely N-dealkylation sites (tertiary alicyclic amines) is 1. The zero-order chi connectivity index (χ0) is 15.0. The Kier molecular flexibility index (Phi) is 3.81. The van der Waals surface area contributed by atoms with Crippen LogP contribution in [0.3, 0.4) is 0 Å². The summed E-state index contributed by atoms with van der Waals surface area (Å²) in [4.78, 5) is 28.7. The van der Waals surface area contributed by atoms with Crippen molar-refractivity contribution in [1.29, 1.82) is 0 Å². The van der Waals surface area contributed by atoms with E-state index >= 15 is 0 Å². The Morgan fingerprint density at radius 1 is 1.05 bits per heavy atom. The molecule has 0 saturated carbocycles. The molecular weight excluding hydrogens is 264 g/mol. The summed E-state index contributed by atoms with van der Waals surface area (Å²) in [6.45, 7) is 5.84. The Morgan fingerprint density at radius 3 is 2.43 bits per heavy atom. The van der Waals surface area contributed by atoms with Crippen LogP contribution in [0, 0.1) is 13.8 Å². The molecular formula is C17H22N2O2. The normalized spacial score (nSPS) is 23.9. The van der Waals surface area contributed by atoms with E-state index in [2.05, 4.69) is 4.90 Å². The minimum Gasteiger partial charge on any atom is -0.292 e. The van der Waals surface area contributed by atoms with E-state index in [-0.39, 0.29) is 17.9 Å². The topological polar surface area (TPSA) is 40.6 Å². The Balaban J connectivity index is 1.86. The molecule has 2 heterocycles. The maximum atomic E-state index is 12.7. The summed E-state index contributed by atoms with van der Waals surface area (Å²) < 4.78 is 0. The predicted molar refractivity (Wildman–Crippen MR) is 82.2 cm³/mol. The van der Waals surface area contributed by atoms with Crippen LogP contribution in [0.2, 0.25) is 0 Å². The van der Waals surface area contributed by atoms with E-state index < -0.39 is 0 Å². The van der Waals surface area contributed by atoms with Crippen molar-refractivity contribution in [3.63, 3.8) is 0 Å². The molecule has 21 heavy (non-hydrogen) atoms. The van der Waals surface area contributed by atoms with Crippen LogP contribution in [0.4, 0.5) is 5.69 Å². The highest BCUT2D eigenvalue weighted by molar-refractivity contribution is 6.22. The summed E-state index contributed by atoms with van der Waals surface area (Å²) in [7, 11) is 0. The number of hydrogen-bond donors (Lipinski definition) is 0. The first-order valence-corrected chi connectivity index (χ1v) is 7.76. The van der Waals surface area contributed by atoms with Crippen molar-refractivity contribution in [2.24, 2.45) is 0 Å². The third-order valence-electron chi connectivity index (χ3n) is 4.55. The highest BCUT2D eigenvalue weighted by atomic mass is 16.2. The van der Waals surface area contributed by atoms with Crippen molar-refractivity contribution in [1.82, 2.24) is 4.90 Å². The lowest BCUT2D eigenvalue weighted by atomic mass is 10.1. The molecule has 112 valence electrons. The zero-order valence-electron chi connectivity index (χ0n) is 12.8. The second-order valence-electron chi connectivity index (χ2n) is 6.17. The molecule has 0 aromatic heterocycles. The number of anilines is 1. The maximum Gasteiger partial charge on any atom is 0.251 e. The first-order chi connectivity index (χ1) is 10.1. The van der Waals surface area contributed by atoms with Gasteiger partial charge < -0.3 is 0 Å². The fraction of sp³-hybridized carbons (Fsp3) is 0.529. The third kappa shape index (κ3) is 2.60. The molecule has 0 aliphatic carbocycles. The molecule has 2 saturated heterocycles. The SMILES string of the molecule is Cc1ccc(N2C(=O)C[C@@H](N3CCCCC3)C2=O)c(C)c1. The predicted octanol–water partition coefficient (Wildman–Crippen LogP) is 2.42. The average Bonchev–Trinajstić information content (AvgIpc) is 2.76. The molecule has 0 N–H and O–H groups in total. The fourth-order valence-electron chi connectivity index (χ4n) is 3.44. The van der Waals surface area contributed by atoms with Gasteiger partial charge in [-0.05, 0) is 51.4 Å². The van der Waals surface area contributed by atoms with E-state index in [0.717, 1.165) is 42.7 Å². The quantitative estimate of drug-likeness (QED) is 0.784. The number of amides is 2. The smallest absolute Gasteiger partial charge is 0.251 e. The highest BCUT2D eigenvalue weighted by Crippen LogP contribution is 2.29. The lowest BCUT2D eigenvalue weighted by Crippen LogP contribution is -2.44. The van der Waals surface area contributed by atoms with E-state index in [1.54, 1.807) is 0 Å². The number of benzene rings is 1. The molecule has 0 radical (unpaired) electrons. The Morgan fingerprint density at radius 2 is 1.76 bits per heavy atom. The van der Waals surface area contributed by atoms with Gasteiger partial charge in [-0.3, -0.25) is 14.5 Å². The molecule has 1 aromatic rings. The number of piperidine rings is 1.